The Balaban J connectivity index is 2.53. The van der Waals surface area contributed by atoms with Crippen LogP contribution in [0.1, 0.15) is 17.0 Å². The Hall–Kier alpha value is -2.08. The monoisotopic (exact) mass is 294 g/mol. The normalized spacial score (nSPS) is 10.4. The molecule has 1 aromatic heterocycles. The third-order valence-electron chi connectivity index (χ3n) is 2.65. The van der Waals surface area contributed by atoms with E-state index in [1.54, 1.807) is 19.9 Å². The van der Waals surface area contributed by atoms with Crippen LogP contribution in [0, 0.1) is 25.5 Å². The van der Waals surface area contributed by atoms with E-state index in [2.05, 4.69) is 4.98 Å². The number of aromatic nitrogens is 1. The van der Waals surface area contributed by atoms with Crippen LogP contribution < -0.4 is 10.5 Å². The van der Waals surface area contributed by atoms with Crippen molar-refractivity contribution in [3.05, 3.63) is 52.9 Å². The lowest BCUT2D eigenvalue weighted by atomic mass is 10.1. The topological polar surface area (TPSA) is 48.1 Å². The number of halogens is 2. The highest BCUT2D eigenvalue weighted by molar-refractivity contribution is 7.80. The van der Waals surface area contributed by atoms with Gasteiger partial charge in [-0.25, -0.2) is 8.78 Å². The Morgan fingerprint density at radius 2 is 1.90 bits per heavy atom. The maximum absolute atomic E-state index is 13.6. The molecule has 0 saturated heterocycles. The maximum atomic E-state index is 13.6. The Labute approximate surface area is 120 Å². The number of ether oxygens (including phenoxy) is 1. The predicted molar refractivity (Wildman–Crippen MR) is 76.0 cm³/mol. The lowest BCUT2D eigenvalue weighted by Crippen LogP contribution is -2.14. The van der Waals surface area contributed by atoms with Crippen molar-refractivity contribution in [3.8, 4) is 11.5 Å². The van der Waals surface area contributed by atoms with Crippen molar-refractivity contribution in [2.45, 2.75) is 13.8 Å². The highest BCUT2D eigenvalue weighted by Gasteiger charge is 2.15. The molecule has 2 rings (SSSR count). The van der Waals surface area contributed by atoms with E-state index in [0.717, 1.165) is 18.2 Å². The molecule has 0 aliphatic heterocycles. The first-order chi connectivity index (χ1) is 9.38. The minimum atomic E-state index is -0.674. The van der Waals surface area contributed by atoms with Crippen LogP contribution in [0.5, 0.6) is 11.5 Å². The third-order valence-corrected chi connectivity index (χ3v) is 2.86. The van der Waals surface area contributed by atoms with Crippen molar-refractivity contribution in [3.63, 3.8) is 0 Å². The molecule has 0 amide bonds. The minimum Gasteiger partial charge on any atom is -0.453 e. The van der Waals surface area contributed by atoms with Gasteiger partial charge in [0.15, 0.2) is 11.6 Å². The molecule has 6 heteroatoms. The van der Waals surface area contributed by atoms with Gasteiger partial charge in [0.05, 0.1) is 11.3 Å². The molecule has 0 bridgehead atoms. The quantitative estimate of drug-likeness (QED) is 0.881. The van der Waals surface area contributed by atoms with Gasteiger partial charge < -0.3 is 10.5 Å². The van der Waals surface area contributed by atoms with E-state index >= 15 is 0 Å². The molecule has 0 fully saturated rings. The number of nitrogens with zero attached hydrogens (tertiary/aromatic N) is 1. The summed E-state index contributed by atoms with van der Waals surface area (Å²) in [5.41, 5.74) is 7.28. The molecule has 1 heterocycles. The van der Waals surface area contributed by atoms with Crippen molar-refractivity contribution >= 4 is 17.2 Å². The Morgan fingerprint density at radius 3 is 2.55 bits per heavy atom. The van der Waals surface area contributed by atoms with Gasteiger partial charge >= 0.3 is 0 Å². The van der Waals surface area contributed by atoms with E-state index in [1.165, 1.54) is 0 Å². The number of hydrogen-bond donors (Lipinski definition) is 1. The lowest BCUT2D eigenvalue weighted by molar-refractivity contribution is 0.434. The van der Waals surface area contributed by atoms with Crippen molar-refractivity contribution in [2.24, 2.45) is 5.73 Å². The largest absolute Gasteiger partial charge is 0.453 e. The van der Waals surface area contributed by atoms with Gasteiger partial charge in [0.25, 0.3) is 0 Å². The van der Waals surface area contributed by atoms with Crippen molar-refractivity contribution in [1.29, 1.82) is 0 Å². The number of rotatable bonds is 3. The highest BCUT2D eigenvalue weighted by atomic mass is 32.1. The molecule has 0 aliphatic rings. The van der Waals surface area contributed by atoms with Gasteiger partial charge in [0, 0.05) is 17.8 Å². The van der Waals surface area contributed by atoms with Gasteiger partial charge in [-0.1, -0.05) is 12.2 Å². The van der Waals surface area contributed by atoms with E-state index in [1.807, 2.05) is 0 Å². The fourth-order valence-electron chi connectivity index (χ4n) is 1.85. The molecule has 3 nitrogen and oxygen atoms in total. The number of nitrogens with two attached hydrogens (primary N) is 1. The average molecular weight is 294 g/mol. The summed E-state index contributed by atoms with van der Waals surface area (Å²) in [6, 6.07) is 4.54. The summed E-state index contributed by atoms with van der Waals surface area (Å²) < 4.78 is 32.2. The minimum absolute atomic E-state index is 0.0850. The van der Waals surface area contributed by atoms with E-state index in [0.29, 0.717) is 17.0 Å². The van der Waals surface area contributed by atoms with Crippen molar-refractivity contribution < 1.29 is 13.5 Å². The maximum Gasteiger partial charge on any atom is 0.166 e. The number of benzene rings is 1. The number of aryl methyl sites for hydroxylation is 2. The first-order valence-electron chi connectivity index (χ1n) is 5.79. The molecule has 2 N–H and O–H groups in total. The number of hydrogen-bond acceptors (Lipinski definition) is 3. The van der Waals surface area contributed by atoms with Crippen LogP contribution in [0.2, 0.25) is 0 Å². The van der Waals surface area contributed by atoms with Gasteiger partial charge in [-0.15, -0.1) is 0 Å². The fraction of sp³-hybridized carbons (Fsp3) is 0.143. The van der Waals surface area contributed by atoms with Crippen LogP contribution in [0.3, 0.4) is 0 Å². The molecule has 0 spiro atoms. The summed E-state index contributed by atoms with van der Waals surface area (Å²) in [6.07, 6.45) is 0. The van der Waals surface area contributed by atoms with Gasteiger partial charge in [0.1, 0.15) is 16.6 Å². The van der Waals surface area contributed by atoms with Crippen molar-refractivity contribution in [1.82, 2.24) is 4.98 Å². The van der Waals surface area contributed by atoms with Crippen molar-refractivity contribution in [2.75, 3.05) is 0 Å². The second kappa shape index (κ2) is 5.50. The Bertz CT molecular complexity index is 689. The van der Waals surface area contributed by atoms with E-state index in [4.69, 9.17) is 22.7 Å². The molecular weight excluding hydrogens is 282 g/mol. The van der Waals surface area contributed by atoms with Crippen LogP contribution >= 0.6 is 12.2 Å². The van der Waals surface area contributed by atoms with Crippen LogP contribution in [-0.2, 0) is 0 Å². The SMILES string of the molecule is Cc1cc(Oc2cc(F)ccc2F)c(C(N)=S)c(C)n1. The summed E-state index contributed by atoms with van der Waals surface area (Å²) in [5, 5.41) is 0. The smallest absolute Gasteiger partial charge is 0.166 e. The summed E-state index contributed by atoms with van der Waals surface area (Å²) in [5.74, 6) is -1.24. The van der Waals surface area contributed by atoms with Gasteiger partial charge in [-0.2, -0.15) is 0 Å². The summed E-state index contributed by atoms with van der Waals surface area (Å²) in [7, 11) is 0. The summed E-state index contributed by atoms with van der Waals surface area (Å²) in [6.45, 7) is 3.47. The van der Waals surface area contributed by atoms with E-state index in [9.17, 15) is 8.78 Å². The van der Waals surface area contributed by atoms with Crippen LogP contribution in [0.15, 0.2) is 24.3 Å². The molecule has 0 atom stereocenters. The molecule has 0 saturated carbocycles. The van der Waals surface area contributed by atoms with Crippen LogP contribution in [0.4, 0.5) is 8.78 Å². The van der Waals surface area contributed by atoms with Crippen LogP contribution in [-0.4, -0.2) is 9.97 Å². The molecule has 104 valence electrons. The Kier molecular flexibility index (Phi) is 3.94. The standard InChI is InChI=1S/C14H12F2N2OS/c1-7-5-12(13(14(17)20)8(2)18-7)19-11-6-9(15)3-4-10(11)16/h3-6H,1-2H3,(H2,17,20). The molecule has 1 aromatic carbocycles. The number of thiocarbonyl (C=S) groups is 1. The number of pyridine rings is 1. The van der Waals surface area contributed by atoms with Gasteiger partial charge in [-0.05, 0) is 26.0 Å². The molecule has 0 unspecified atom stereocenters. The zero-order chi connectivity index (χ0) is 14.9. The summed E-state index contributed by atoms with van der Waals surface area (Å²) in [4.78, 5) is 4.31. The Morgan fingerprint density at radius 1 is 1.20 bits per heavy atom. The predicted octanol–water partition coefficient (Wildman–Crippen LogP) is 3.40. The molecule has 0 radical (unpaired) electrons. The fourth-order valence-corrected chi connectivity index (χ4v) is 2.10. The van der Waals surface area contributed by atoms with E-state index < -0.39 is 11.6 Å². The first-order valence-corrected chi connectivity index (χ1v) is 6.20. The second-order valence-electron chi connectivity index (χ2n) is 4.26. The third kappa shape index (κ3) is 2.91. The molecule has 2 aromatic rings. The second-order valence-corrected chi connectivity index (χ2v) is 4.70. The zero-order valence-electron chi connectivity index (χ0n) is 10.9. The highest BCUT2D eigenvalue weighted by Crippen LogP contribution is 2.30. The van der Waals surface area contributed by atoms with Gasteiger partial charge in [-0.3, -0.25) is 4.98 Å². The first kappa shape index (κ1) is 14.3. The van der Waals surface area contributed by atoms with E-state index in [-0.39, 0.29) is 16.5 Å². The molecule has 0 aliphatic carbocycles. The lowest BCUT2D eigenvalue weighted by Gasteiger charge is -2.13. The van der Waals surface area contributed by atoms with Crippen LogP contribution in [0.25, 0.3) is 0 Å². The van der Waals surface area contributed by atoms with Gasteiger partial charge in [0.2, 0.25) is 0 Å². The summed E-state index contributed by atoms with van der Waals surface area (Å²) >= 11 is 4.95. The molecular formula is C14H12F2N2OS. The molecule has 20 heavy (non-hydrogen) atoms. The average Bonchev–Trinajstić information content (AvgIpc) is 2.32. The zero-order valence-corrected chi connectivity index (χ0v) is 11.7.